The van der Waals surface area contributed by atoms with Crippen LogP contribution in [-0.4, -0.2) is 26.5 Å². The molecule has 6 heteroatoms. The lowest BCUT2D eigenvalue weighted by atomic mass is 9.98. The quantitative estimate of drug-likeness (QED) is 0.639. The standard InChI is InChI=1S/C22H23FN2O2S/c1-15-8-10-25(11-9-15)22-19-12-16(2)6-7-20(19)24-14-21(22)28(26,27)18-5-3-4-17(23)13-18/h3-7,12-15H,8-11H2,1-2H3. The van der Waals surface area contributed by atoms with Gasteiger partial charge in [0, 0.05) is 24.7 Å². The molecule has 0 N–H and O–H groups in total. The Kier molecular flexibility index (Phi) is 4.83. The molecule has 0 radical (unpaired) electrons. The molecule has 146 valence electrons. The first-order chi connectivity index (χ1) is 13.4. The normalized spacial score (nSPS) is 15.9. The summed E-state index contributed by atoms with van der Waals surface area (Å²) in [7, 11) is -3.90. The van der Waals surface area contributed by atoms with Crippen molar-refractivity contribution in [3.8, 4) is 0 Å². The number of aryl methyl sites for hydroxylation is 1. The first-order valence-electron chi connectivity index (χ1n) is 9.51. The van der Waals surface area contributed by atoms with Crippen molar-refractivity contribution in [2.75, 3.05) is 18.0 Å². The zero-order valence-electron chi connectivity index (χ0n) is 16.0. The number of aromatic nitrogens is 1. The number of halogens is 1. The molecule has 0 saturated carbocycles. The number of hydrogen-bond acceptors (Lipinski definition) is 4. The maximum atomic E-state index is 13.7. The first-order valence-corrected chi connectivity index (χ1v) is 11.0. The number of piperidine rings is 1. The van der Waals surface area contributed by atoms with Crippen LogP contribution in [0, 0.1) is 18.7 Å². The van der Waals surface area contributed by atoms with Gasteiger partial charge in [-0.15, -0.1) is 0 Å². The van der Waals surface area contributed by atoms with Gasteiger partial charge in [-0.3, -0.25) is 4.98 Å². The van der Waals surface area contributed by atoms with Crippen molar-refractivity contribution in [1.82, 2.24) is 4.98 Å². The van der Waals surface area contributed by atoms with Crippen LogP contribution in [0.2, 0.25) is 0 Å². The van der Waals surface area contributed by atoms with E-state index in [4.69, 9.17) is 0 Å². The number of fused-ring (bicyclic) bond motifs is 1. The smallest absolute Gasteiger partial charge is 0.210 e. The van der Waals surface area contributed by atoms with Crippen molar-refractivity contribution in [3.05, 3.63) is 60.0 Å². The summed E-state index contributed by atoms with van der Waals surface area (Å²) < 4.78 is 40.5. The molecule has 3 aromatic rings. The van der Waals surface area contributed by atoms with Gasteiger partial charge < -0.3 is 4.90 Å². The van der Waals surface area contributed by atoms with Gasteiger partial charge in [-0.1, -0.05) is 24.6 Å². The number of hydrogen-bond donors (Lipinski definition) is 0. The number of anilines is 1. The van der Waals surface area contributed by atoms with Crippen molar-refractivity contribution in [3.63, 3.8) is 0 Å². The second kappa shape index (κ2) is 7.17. The largest absolute Gasteiger partial charge is 0.370 e. The van der Waals surface area contributed by atoms with E-state index in [9.17, 15) is 12.8 Å². The lowest BCUT2D eigenvalue weighted by molar-refractivity contribution is 0.437. The van der Waals surface area contributed by atoms with E-state index in [1.165, 1.54) is 24.4 Å². The van der Waals surface area contributed by atoms with Crippen molar-refractivity contribution in [2.24, 2.45) is 5.92 Å². The zero-order chi connectivity index (χ0) is 19.9. The van der Waals surface area contributed by atoms with E-state index in [2.05, 4.69) is 16.8 Å². The van der Waals surface area contributed by atoms with Gasteiger partial charge >= 0.3 is 0 Å². The molecule has 2 aromatic carbocycles. The molecule has 1 saturated heterocycles. The minimum atomic E-state index is -3.90. The molecule has 0 atom stereocenters. The van der Waals surface area contributed by atoms with Crippen LogP contribution in [0.5, 0.6) is 0 Å². The van der Waals surface area contributed by atoms with E-state index < -0.39 is 15.7 Å². The second-order valence-electron chi connectivity index (χ2n) is 7.62. The fourth-order valence-electron chi connectivity index (χ4n) is 3.79. The van der Waals surface area contributed by atoms with Crippen LogP contribution in [0.15, 0.2) is 58.5 Å². The number of pyridine rings is 1. The minimum absolute atomic E-state index is 0.0482. The average Bonchev–Trinajstić information content (AvgIpc) is 2.68. The van der Waals surface area contributed by atoms with E-state index >= 15 is 0 Å². The summed E-state index contributed by atoms with van der Waals surface area (Å²) in [6.45, 7) is 5.78. The van der Waals surface area contributed by atoms with Gasteiger partial charge in [-0.2, -0.15) is 0 Å². The van der Waals surface area contributed by atoms with Gasteiger partial charge in [0.15, 0.2) is 0 Å². The third-order valence-electron chi connectivity index (χ3n) is 5.46. The van der Waals surface area contributed by atoms with Crippen molar-refractivity contribution < 1.29 is 12.8 Å². The summed E-state index contributed by atoms with van der Waals surface area (Å²) in [4.78, 5) is 6.65. The third-order valence-corrected chi connectivity index (χ3v) is 7.21. The summed E-state index contributed by atoms with van der Waals surface area (Å²) in [6.07, 6.45) is 3.44. The predicted octanol–water partition coefficient (Wildman–Crippen LogP) is 4.75. The lowest BCUT2D eigenvalue weighted by Crippen LogP contribution is -2.34. The van der Waals surface area contributed by atoms with E-state index in [-0.39, 0.29) is 9.79 Å². The van der Waals surface area contributed by atoms with Crippen LogP contribution < -0.4 is 4.90 Å². The molecular weight excluding hydrogens is 375 g/mol. The predicted molar refractivity (Wildman–Crippen MR) is 109 cm³/mol. The molecule has 0 aliphatic carbocycles. The Morgan fingerprint density at radius 1 is 1.11 bits per heavy atom. The second-order valence-corrected chi connectivity index (χ2v) is 9.54. The summed E-state index contributed by atoms with van der Waals surface area (Å²) in [6, 6.07) is 11.0. The summed E-state index contributed by atoms with van der Waals surface area (Å²) in [5.41, 5.74) is 2.49. The summed E-state index contributed by atoms with van der Waals surface area (Å²) in [5, 5.41) is 0.826. The highest BCUT2D eigenvalue weighted by molar-refractivity contribution is 7.91. The Hall–Kier alpha value is -2.47. The number of rotatable bonds is 3. The van der Waals surface area contributed by atoms with Gasteiger partial charge in [0.05, 0.1) is 16.1 Å². The van der Waals surface area contributed by atoms with Crippen molar-refractivity contribution >= 4 is 26.4 Å². The van der Waals surface area contributed by atoms with Gasteiger partial charge in [0.2, 0.25) is 9.84 Å². The summed E-state index contributed by atoms with van der Waals surface area (Å²) in [5.74, 6) is 0.0494. The lowest BCUT2D eigenvalue weighted by Gasteiger charge is -2.34. The molecule has 0 unspecified atom stereocenters. The molecule has 0 spiro atoms. The fourth-order valence-corrected chi connectivity index (χ4v) is 5.25. The van der Waals surface area contributed by atoms with Crippen LogP contribution in [-0.2, 0) is 9.84 Å². The fraction of sp³-hybridized carbons (Fsp3) is 0.318. The zero-order valence-corrected chi connectivity index (χ0v) is 16.8. The van der Waals surface area contributed by atoms with Gasteiger partial charge in [-0.05, 0) is 56.0 Å². The Morgan fingerprint density at radius 2 is 1.86 bits per heavy atom. The average molecular weight is 399 g/mol. The highest BCUT2D eigenvalue weighted by atomic mass is 32.2. The van der Waals surface area contributed by atoms with Crippen LogP contribution >= 0.6 is 0 Å². The Bertz CT molecular complexity index is 1140. The molecule has 1 fully saturated rings. The van der Waals surface area contributed by atoms with Gasteiger partial charge in [0.25, 0.3) is 0 Å². The number of sulfone groups is 1. The van der Waals surface area contributed by atoms with Crippen LogP contribution in [0.25, 0.3) is 10.9 Å². The molecule has 1 aromatic heterocycles. The van der Waals surface area contributed by atoms with E-state index in [0.717, 1.165) is 48.5 Å². The third kappa shape index (κ3) is 3.37. The first kappa shape index (κ1) is 18.9. The minimum Gasteiger partial charge on any atom is -0.370 e. The topological polar surface area (TPSA) is 50.3 Å². The van der Waals surface area contributed by atoms with Crippen LogP contribution in [0.1, 0.15) is 25.3 Å². The highest BCUT2D eigenvalue weighted by Crippen LogP contribution is 2.38. The summed E-state index contributed by atoms with van der Waals surface area (Å²) >= 11 is 0. The molecule has 4 rings (SSSR count). The number of nitrogens with zero attached hydrogens (tertiary/aromatic N) is 2. The molecule has 1 aliphatic heterocycles. The molecule has 4 nitrogen and oxygen atoms in total. The van der Waals surface area contributed by atoms with Crippen molar-refractivity contribution in [1.29, 1.82) is 0 Å². The van der Waals surface area contributed by atoms with Crippen LogP contribution in [0.4, 0.5) is 10.1 Å². The molecule has 0 bridgehead atoms. The SMILES string of the molecule is Cc1ccc2ncc(S(=O)(=O)c3cccc(F)c3)c(N3CCC(C)CC3)c2c1. The molecule has 1 aliphatic rings. The van der Waals surface area contributed by atoms with Crippen LogP contribution in [0.3, 0.4) is 0 Å². The maximum Gasteiger partial charge on any atom is 0.210 e. The van der Waals surface area contributed by atoms with Gasteiger partial charge in [0.1, 0.15) is 10.7 Å². The monoisotopic (exact) mass is 398 g/mol. The van der Waals surface area contributed by atoms with Gasteiger partial charge in [-0.25, -0.2) is 12.8 Å². The maximum absolute atomic E-state index is 13.7. The molecule has 2 heterocycles. The van der Waals surface area contributed by atoms with E-state index in [0.29, 0.717) is 11.6 Å². The Balaban J connectivity index is 1.96. The highest BCUT2D eigenvalue weighted by Gasteiger charge is 2.28. The van der Waals surface area contributed by atoms with Crippen molar-refractivity contribution in [2.45, 2.75) is 36.5 Å². The van der Waals surface area contributed by atoms with E-state index in [1.807, 2.05) is 25.1 Å². The molecular formula is C22H23FN2O2S. The number of benzene rings is 2. The molecule has 28 heavy (non-hydrogen) atoms. The van der Waals surface area contributed by atoms with E-state index in [1.54, 1.807) is 0 Å². The Labute approximate surface area is 164 Å². The molecule has 0 amide bonds. The Morgan fingerprint density at radius 3 is 2.57 bits per heavy atom.